The van der Waals surface area contributed by atoms with Crippen LogP contribution in [0, 0.1) is 15.2 Å². The van der Waals surface area contributed by atoms with Crippen LogP contribution in [0.2, 0.25) is 0 Å². The molecule has 30 heteroatoms. The Morgan fingerprint density at radius 2 is 0.676 bits per heavy atom. The number of nitrogens with one attached hydrogen (secondary N) is 1. The van der Waals surface area contributed by atoms with Gasteiger partial charge in [-0.3, -0.25) is 18.8 Å². The molecule has 24 nitrogen and oxygen atoms in total. The fourth-order valence-corrected chi connectivity index (χ4v) is 12.9. The Balaban J connectivity index is -0.000000557. The van der Waals surface area contributed by atoms with E-state index >= 15 is 0 Å². The van der Waals surface area contributed by atoms with E-state index in [1.54, 1.807) is 55.3 Å². The Bertz CT molecular complexity index is 4150. The molecule has 0 aliphatic carbocycles. The summed E-state index contributed by atoms with van der Waals surface area (Å²) in [6.45, 7) is 84.6. The third-order valence-corrected chi connectivity index (χ3v) is 23.2. The number of halogens is 4. The summed E-state index contributed by atoms with van der Waals surface area (Å²) in [6, 6.07) is 15.8. The van der Waals surface area contributed by atoms with Crippen LogP contribution in [0.15, 0.2) is 97.3 Å². The predicted octanol–water partition coefficient (Wildman–Crippen LogP) is 27.2. The molecule has 828 valence electrons. The van der Waals surface area contributed by atoms with Crippen LogP contribution in [0.5, 0.6) is 46.0 Å². The van der Waals surface area contributed by atoms with Gasteiger partial charge in [0.15, 0.2) is 6.29 Å². The summed E-state index contributed by atoms with van der Waals surface area (Å²) in [5, 5.41) is 47.5. The number of benzene rings is 4. The molecule has 6 N–H and O–H groups in total. The number of carbonyl (C=O) groups excluding carboxylic acids is 5. The first-order valence-electron chi connectivity index (χ1n) is 51.1. The van der Waals surface area contributed by atoms with Crippen LogP contribution in [0.1, 0.15) is 371 Å². The van der Waals surface area contributed by atoms with Crippen LogP contribution in [0.4, 0.5) is 4.39 Å². The topological polar surface area (TPSA) is 330 Å². The average Bonchev–Trinajstić information content (AvgIpc) is 0.790. The zero-order chi connectivity index (χ0) is 113. The Hall–Kier alpha value is -7.03. The molecular weight excluding hydrogens is 2020 g/mol. The Morgan fingerprint density at radius 3 is 0.855 bits per heavy atom. The second-order valence-electron chi connectivity index (χ2n) is 44.6. The first-order valence-corrected chi connectivity index (χ1v) is 53.6. The molecule has 4 radical (unpaired) electrons. The number of aliphatic hydroxyl groups is 3. The summed E-state index contributed by atoms with van der Waals surface area (Å²) in [6.07, 6.45) is 16.8. The maximum atomic E-state index is 12.2. The molecule has 2 aliphatic rings. The number of allylic oxidation sites excluding steroid dienone is 2. The van der Waals surface area contributed by atoms with Crippen molar-refractivity contribution in [2.75, 3.05) is 124 Å². The van der Waals surface area contributed by atoms with Gasteiger partial charge >= 0.3 is 44.3 Å². The summed E-state index contributed by atoms with van der Waals surface area (Å²) in [4.78, 5) is 57.3. The molecule has 4 aromatic carbocycles. The van der Waals surface area contributed by atoms with Gasteiger partial charge in [0, 0.05) is 145 Å². The summed E-state index contributed by atoms with van der Waals surface area (Å²) in [5.74, 6) is 4.36. The predicted molar refractivity (Wildman–Crippen MR) is 600 cm³/mol. The number of aliphatic hydroxyl groups excluding tert-OH is 3. The maximum absolute atomic E-state index is 12.2. The second kappa shape index (κ2) is 74.8. The Labute approximate surface area is 908 Å². The van der Waals surface area contributed by atoms with Gasteiger partial charge in [0.2, 0.25) is 5.24 Å². The van der Waals surface area contributed by atoms with E-state index in [-0.39, 0.29) is 120 Å². The molecule has 0 bridgehead atoms. The number of ether oxygens (including phenoxy) is 13. The Morgan fingerprint density at radius 1 is 0.414 bits per heavy atom. The third kappa shape index (κ3) is 63.7. The first kappa shape index (κ1) is 144. The average molecular weight is 2210 g/mol. The number of hydrogen-bond acceptors (Lipinski definition) is 24. The van der Waals surface area contributed by atoms with Crippen molar-refractivity contribution in [2.24, 2.45) is 10.8 Å². The molecule has 2 heterocycles. The van der Waals surface area contributed by atoms with Crippen LogP contribution in [-0.2, 0) is 100 Å². The van der Waals surface area contributed by atoms with Crippen molar-refractivity contribution in [3.63, 3.8) is 0 Å². The van der Waals surface area contributed by atoms with Gasteiger partial charge in [-0.25, -0.2) is 9.59 Å². The number of esters is 4. The summed E-state index contributed by atoms with van der Waals surface area (Å²) in [5.41, 5.74) is 6.95. The quantitative estimate of drug-likeness (QED) is 0.00351. The number of phenolic OH excluding ortho intramolecular Hbond substituents is 2. The normalized spacial score (nSPS) is 13.0. The van der Waals surface area contributed by atoms with Gasteiger partial charge in [-0.2, -0.15) is 0 Å². The van der Waals surface area contributed by atoms with Crippen LogP contribution in [0.3, 0.4) is 0 Å². The fraction of sp³-hybridized carbons (Fsp3) is 0.678. The number of hydrogen-bond donors (Lipinski definition) is 6. The number of aromatic hydroxyl groups is 2. The fourth-order valence-electron chi connectivity index (χ4n) is 12.4. The van der Waals surface area contributed by atoms with Crippen LogP contribution in [-0.4, -0.2) is 209 Å². The molecule has 0 saturated carbocycles. The Kier molecular flexibility index (Phi) is 74.4. The van der Waals surface area contributed by atoms with Gasteiger partial charge in [-0.05, 0) is 216 Å². The van der Waals surface area contributed by atoms with E-state index in [1.807, 2.05) is 89.2 Å². The standard InChI is InChI=1S/C32H54O6.C28H42O6.C20H34O4.C14H22O2.C8H15BrO2.C5H8O.C4H5ClO.C3H7BrO.CH3F.Al.B.HN/c1-13-31(9,10)27(33)37-19-15-17-35-25-21-24(30(6,7)8)26(22-23(25)29(3,4)5)36-18-16-20-38-28(34)32(11,12)14-2;1-19(2)25(29)33-15-11-13-31-23-17-22(28(8,9)10)24(18-21(23)27(5,6)7)32-14-12-16-34-26(30)20(3)4;1-19(2,3)15-13-18(24-12-8-10-22)16(20(4,5)6)14-17(15)23-11-7-9-21;1-13(2,3)9-7-12(16)10(8-11(9)15)14(4,5)6;9-5-3-7-11-8-4-1-2-6-10-8;1-2-4-6-5-3-1;1-3(2)4(5)6;4-2-1-3-5;1-2;;;/h21-22H,13-20H2,1-12H3;17-18H,1,3,11-16H2,2,4-10H3;13-14,21-22H,7-12H2,1-6H3;7-8,15-16H,1-6H3;8H,1-7H2;2,4H,1,3,5H2;1H2,2H3;5H,1-3H2;1H3;;;1H/i;;;;;;;;1D;;;. The van der Waals surface area contributed by atoms with Crippen LogP contribution >= 0.6 is 43.5 Å². The van der Waals surface area contributed by atoms with Crippen LogP contribution in [0.25, 0.3) is 0 Å². The summed E-state index contributed by atoms with van der Waals surface area (Å²) < 4.78 is 94.9. The number of phenols is 2. The number of alkyl halides is 3. The van der Waals surface area contributed by atoms with E-state index in [0.717, 1.165) is 142 Å². The van der Waals surface area contributed by atoms with Crippen molar-refractivity contribution in [1.82, 2.24) is 0 Å². The van der Waals surface area contributed by atoms with Gasteiger partial charge in [0.05, 0.1) is 105 Å². The van der Waals surface area contributed by atoms with E-state index in [2.05, 4.69) is 213 Å². The van der Waals surface area contributed by atoms with E-state index in [0.29, 0.717) is 115 Å². The molecule has 4 aromatic rings. The SMILES string of the molecule is BrCCCOC1CCCCO1.C1=COCCC1.C=C(C)C(=O)Cl.C=C(C)C(=O)OCCCOc1cc(C(C)(C)C)c(OCCCOC(=O)C(=C)C)cc1C(C)(C)C.CC(C)(C)c1cc(O)c(C(C)(C)C)cc1O.CC(C)(C)c1cc(OCCCO)c(C(C)(C)C)cc1OCCCO.CCC(C)(C)C(=O)OCCCOc1cc(C(C)(C)C)c(OCCCOC(=O)C(C)(C)CC)cc1C(C)(C)C.OCCCBr.[2H]CF.[B].[NH]=[Al]. The second-order valence-corrected chi connectivity index (χ2v) is 46.5. The van der Waals surface area contributed by atoms with Crippen molar-refractivity contribution >= 4 is 97.1 Å². The molecule has 6 rings (SSSR count). The molecule has 2 aliphatic heterocycles. The van der Waals surface area contributed by atoms with Crippen molar-refractivity contribution < 1.29 is 117 Å². The van der Waals surface area contributed by atoms with Crippen molar-refractivity contribution in [3.8, 4) is 46.0 Å². The molecule has 1 saturated heterocycles. The zero-order valence-electron chi connectivity index (χ0n) is 96.3. The molecule has 0 aromatic heterocycles. The molecule has 1 unspecified atom stereocenters. The first-order chi connectivity index (χ1) is 67.0. The zero-order valence-corrected chi connectivity index (χ0v) is 100. The minimum absolute atomic E-state index is 0. The van der Waals surface area contributed by atoms with E-state index in [1.165, 1.54) is 25.7 Å². The molecule has 0 spiro atoms. The molecule has 0 amide bonds. The number of rotatable bonds is 41. The molecular formula is C115H191AlBBr2ClFNO23. The van der Waals surface area contributed by atoms with Crippen molar-refractivity contribution in [1.29, 1.82) is 4.35 Å². The number of carbonyl (C=O) groups is 5. The van der Waals surface area contributed by atoms with Gasteiger partial charge in [-0.15, -0.1) is 0 Å². The van der Waals surface area contributed by atoms with Crippen LogP contribution < -0.4 is 28.4 Å². The van der Waals surface area contributed by atoms with E-state index < -0.39 is 23.2 Å². The van der Waals surface area contributed by atoms with Crippen molar-refractivity contribution in [2.45, 2.75) is 374 Å². The molecule has 145 heavy (non-hydrogen) atoms. The minimum atomic E-state index is -1.00. The third-order valence-electron chi connectivity index (χ3n) is 21.8. The van der Waals surface area contributed by atoms with Gasteiger partial charge in [0.1, 0.15) is 46.0 Å². The molecule has 1 atom stereocenters. The summed E-state index contributed by atoms with van der Waals surface area (Å²) in [7, 11) is -1.00. The van der Waals surface area contributed by atoms with Gasteiger partial charge in [0.25, 0.3) is 0 Å². The van der Waals surface area contributed by atoms with Crippen molar-refractivity contribution in [3.05, 3.63) is 142 Å². The summed E-state index contributed by atoms with van der Waals surface area (Å²) >= 11 is 13.0. The van der Waals surface area contributed by atoms with E-state index in [4.69, 9.17) is 94.2 Å². The molecule has 1 fully saturated rings. The monoisotopic (exact) mass is 2210 g/mol. The van der Waals surface area contributed by atoms with Gasteiger partial charge < -0.3 is 87.1 Å². The van der Waals surface area contributed by atoms with Gasteiger partial charge in [-0.1, -0.05) is 232 Å². The van der Waals surface area contributed by atoms with E-state index in [9.17, 15) is 38.6 Å².